The zero-order valence-corrected chi connectivity index (χ0v) is 13.2. The first-order valence-electron chi connectivity index (χ1n) is 6.64. The van der Waals surface area contributed by atoms with E-state index in [1.165, 1.54) is 0 Å². The zero-order valence-electron chi connectivity index (χ0n) is 11.5. The maximum Gasteiger partial charge on any atom is 0.153 e. The molecule has 1 heterocycles. The van der Waals surface area contributed by atoms with E-state index in [0.29, 0.717) is 0 Å². The first-order chi connectivity index (χ1) is 10.3. The Bertz CT molecular complexity index is 750. The van der Waals surface area contributed by atoms with Gasteiger partial charge in [0.2, 0.25) is 0 Å². The van der Waals surface area contributed by atoms with Crippen molar-refractivity contribution in [3.05, 3.63) is 79.6 Å². The summed E-state index contributed by atoms with van der Waals surface area (Å²) in [4.78, 5) is 4.55. The molecule has 4 heteroatoms. The van der Waals surface area contributed by atoms with Gasteiger partial charge in [0.1, 0.15) is 0 Å². The summed E-state index contributed by atoms with van der Waals surface area (Å²) in [6, 6.07) is 18.3. The van der Waals surface area contributed by atoms with Gasteiger partial charge in [-0.25, -0.2) is 4.98 Å². The van der Waals surface area contributed by atoms with E-state index in [-0.39, 0.29) is 0 Å². The van der Waals surface area contributed by atoms with Crippen LogP contribution in [-0.4, -0.2) is 9.55 Å². The molecule has 2 nitrogen and oxygen atoms in total. The number of rotatable bonds is 4. The van der Waals surface area contributed by atoms with E-state index in [2.05, 4.69) is 35.8 Å². The van der Waals surface area contributed by atoms with E-state index < -0.39 is 6.04 Å². The van der Waals surface area contributed by atoms with Crippen molar-refractivity contribution < 1.29 is 0 Å². The summed E-state index contributed by atoms with van der Waals surface area (Å²) in [6.07, 6.45) is 5.44. The molecule has 0 spiro atoms. The molecule has 0 aliphatic carbocycles. The average molecular weight is 310 g/mol. The van der Waals surface area contributed by atoms with Crippen LogP contribution in [0.2, 0.25) is 0 Å². The molecular formula is C17H15N2PS. The third-order valence-corrected chi connectivity index (χ3v) is 8.08. The van der Waals surface area contributed by atoms with Crippen molar-refractivity contribution in [3.8, 4) is 0 Å². The Morgan fingerprint density at radius 3 is 1.95 bits per heavy atom. The van der Waals surface area contributed by atoms with E-state index >= 15 is 0 Å². The molecule has 0 radical (unpaired) electrons. The highest BCUT2D eigenvalue weighted by atomic mass is 32.4. The summed E-state index contributed by atoms with van der Waals surface area (Å²) in [5.41, 5.74) is 0.893. The van der Waals surface area contributed by atoms with Gasteiger partial charge in [-0.2, -0.15) is 0 Å². The van der Waals surface area contributed by atoms with Gasteiger partial charge in [-0.15, -0.1) is 0 Å². The molecular weight excluding hydrogens is 295 g/mol. The van der Waals surface area contributed by atoms with E-state index in [1.807, 2.05) is 47.2 Å². The van der Waals surface area contributed by atoms with Crippen LogP contribution in [0.4, 0.5) is 0 Å². The summed E-state index contributed by atoms with van der Waals surface area (Å²) < 4.78 is 1.93. The van der Waals surface area contributed by atoms with Crippen molar-refractivity contribution >= 4 is 40.2 Å². The third-order valence-electron chi connectivity index (χ3n) is 3.37. The molecule has 1 aromatic heterocycles. The molecule has 2 aromatic carbocycles. The van der Waals surface area contributed by atoms with Crippen molar-refractivity contribution in [2.75, 3.05) is 0 Å². The fourth-order valence-corrected chi connectivity index (χ4v) is 6.15. The predicted molar refractivity (Wildman–Crippen MR) is 94.7 cm³/mol. The van der Waals surface area contributed by atoms with Gasteiger partial charge in [0.15, 0.2) is 5.57 Å². The number of nitrogens with zero attached hydrogens (tertiary/aromatic N) is 2. The first-order valence-corrected chi connectivity index (χ1v) is 9.44. The molecule has 0 unspecified atom stereocenters. The van der Waals surface area contributed by atoms with Crippen LogP contribution in [0.3, 0.4) is 0 Å². The monoisotopic (exact) mass is 310 g/mol. The van der Waals surface area contributed by atoms with Gasteiger partial charge in [0, 0.05) is 18.6 Å². The Balaban J connectivity index is 2.31. The summed E-state index contributed by atoms with van der Waals surface area (Å²) in [6.45, 7) is 3.86. The molecule has 0 saturated heterocycles. The lowest BCUT2D eigenvalue weighted by Crippen LogP contribution is -2.29. The lowest BCUT2D eigenvalue weighted by atomic mass is 10.4. The van der Waals surface area contributed by atoms with Gasteiger partial charge in [-0.1, -0.05) is 79.0 Å². The second-order valence-corrected chi connectivity index (χ2v) is 8.89. The normalized spacial score (nSPS) is 11.2. The average Bonchev–Trinajstić information content (AvgIpc) is 3.05. The molecule has 0 aliphatic heterocycles. The van der Waals surface area contributed by atoms with Crippen LogP contribution in [0.5, 0.6) is 0 Å². The Hall–Kier alpha value is -1.96. The van der Waals surface area contributed by atoms with Crippen LogP contribution < -0.4 is 16.2 Å². The maximum atomic E-state index is 6.19. The Kier molecular flexibility index (Phi) is 3.87. The van der Waals surface area contributed by atoms with Crippen molar-refractivity contribution in [2.24, 2.45) is 0 Å². The SMILES string of the molecule is C=Cn1ccnc1P(=S)(c1ccccc1)c1ccccc1. The lowest BCUT2D eigenvalue weighted by Gasteiger charge is -2.22. The minimum Gasteiger partial charge on any atom is -0.306 e. The van der Waals surface area contributed by atoms with Crippen LogP contribution in [0.1, 0.15) is 0 Å². The standard InChI is InChI=1S/C17H15N2PS/c1-2-19-14-13-18-17(19)20(21,15-9-5-3-6-10-15)16-11-7-4-8-12-16/h2-14H,1H2. The molecule has 0 N–H and O–H groups in total. The van der Waals surface area contributed by atoms with Gasteiger partial charge >= 0.3 is 0 Å². The first kappa shape index (κ1) is 14.0. The molecule has 0 atom stereocenters. The topological polar surface area (TPSA) is 17.8 Å². The van der Waals surface area contributed by atoms with Crippen molar-refractivity contribution in [2.45, 2.75) is 0 Å². The highest BCUT2D eigenvalue weighted by Crippen LogP contribution is 2.41. The number of benzene rings is 2. The molecule has 3 rings (SSSR count). The number of aromatic nitrogens is 2. The van der Waals surface area contributed by atoms with Gasteiger partial charge < -0.3 is 4.57 Å². The van der Waals surface area contributed by atoms with Crippen LogP contribution in [0.25, 0.3) is 6.20 Å². The number of imidazole rings is 1. The van der Waals surface area contributed by atoms with Crippen molar-refractivity contribution in [1.82, 2.24) is 9.55 Å². The van der Waals surface area contributed by atoms with Crippen molar-refractivity contribution in [1.29, 1.82) is 0 Å². The minimum absolute atomic E-state index is 0.893. The van der Waals surface area contributed by atoms with Crippen LogP contribution in [-0.2, 0) is 11.8 Å². The number of hydrogen-bond acceptors (Lipinski definition) is 2. The Morgan fingerprint density at radius 2 is 1.48 bits per heavy atom. The molecule has 0 fully saturated rings. The highest BCUT2D eigenvalue weighted by molar-refractivity contribution is 8.25. The zero-order chi connectivity index (χ0) is 14.7. The molecule has 0 aliphatic rings. The quantitative estimate of drug-likeness (QED) is 0.690. The van der Waals surface area contributed by atoms with E-state index in [4.69, 9.17) is 11.8 Å². The Morgan fingerprint density at radius 1 is 0.952 bits per heavy atom. The van der Waals surface area contributed by atoms with E-state index in [9.17, 15) is 0 Å². The fraction of sp³-hybridized carbons (Fsp3) is 0. The summed E-state index contributed by atoms with van der Waals surface area (Å²) in [7, 11) is 0. The van der Waals surface area contributed by atoms with Crippen LogP contribution in [0, 0.1) is 0 Å². The minimum atomic E-state index is -2.17. The second-order valence-electron chi connectivity index (χ2n) is 4.60. The molecule has 0 saturated carbocycles. The summed E-state index contributed by atoms with van der Waals surface area (Å²) >= 11 is 6.19. The predicted octanol–water partition coefficient (Wildman–Crippen LogP) is 2.74. The smallest absolute Gasteiger partial charge is 0.153 e. The van der Waals surface area contributed by atoms with E-state index in [0.717, 1.165) is 16.2 Å². The second kappa shape index (κ2) is 5.80. The Labute approximate surface area is 129 Å². The van der Waals surface area contributed by atoms with Gasteiger partial charge in [-0.3, -0.25) is 0 Å². The largest absolute Gasteiger partial charge is 0.306 e. The lowest BCUT2D eigenvalue weighted by molar-refractivity contribution is 1.20. The fourth-order valence-electron chi connectivity index (χ4n) is 2.35. The van der Waals surface area contributed by atoms with Crippen LogP contribution in [0.15, 0.2) is 79.6 Å². The van der Waals surface area contributed by atoms with Gasteiger partial charge in [-0.05, 0) is 10.6 Å². The highest BCUT2D eigenvalue weighted by Gasteiger charge is 2.28. The number of hydrogen-bond donors (Lipinski definition) is 0. The van der Waals surface area contributed by atoms with Gasteiger partial charge in [0.25, 0.3) is 0 Å². The molecule has 3 aromatic rings. The molecule has 21 heavy (non-hydrogen) atoms. The van der Waals surface area contributed by atoms with Gasteiger partial charge in [0.05, 0.1) is 6.04 Å². The maximum absolute atomic E-state index is 6.19. The summed E-state index contributed by atoms with van der Waals surface area (Å²) in [5.74, 6) is 0. The van der Waals surface area contributed by atoms with E-state index in [1.54, 1.807) is 12.4 Å². The van der Waals surface area contributed by atoms with Crippen LogP contribution >= 0.6 is 6.04 Å². The van der Waals surface area contributed by atoms with Crippen molar-refractivity contribution in [3.63, 3.8) is 0 Å². The summed E-state index contributed by atoms with van der Waals surface area (Å²) in [5, 5.41) is 2.28. The molecule has 104 valence electrons. The molecule has 0 bridgehead atoms. The molecule has 0 amide bonds. The third kappa shape index (κ3) is 2.39.